The lowest BCUT2D eigenvalue weighted by molar-refractivity contribution is 0.0905. The van der Waals surface area contributed by atoms with E-state index in [9.17, 15) is 9.59 Å². The van der Waals surface area contributed by atoms with Crippen molar-refractivity contribution in [3.63, 3.8) is 0 Å². The second-order valence-electron chi connectivity index (χ2n) is 6.64. The van der Waals surface area contributed by atoms with Gasteiger partial charge in [-0.2, -0.15) is 0 Å². The van der Waals surface area contributed by atoms with Gasteiger partial charge in [0.15, 0.2) is 0 Å². The van der Waals surface area contributed by atoms with Crippen LogP contribution in [0.3, 0.4) is 0 Å². The molecule has 1 aromatic rings. The number of likely N-dealkylation sites (tertiary alicyclic amines) is 1. The fourth-order valence-corrected chi connectivity index (χ4v) is 3.64. The summed E-state index contributed by atoms with van der Waals surface area (Å²) in [5.74, 6) is 0.803. The molecule has 2 heterocycles. The molecule has 1 aromatic heterocycles. The van der Waals surface area contributed by atoms with Crippen molar-refractivity contribution in [2.24, 2.45) is 5.92 Å². The Bertz CT molecular complexity index is 535. The topological polar surface area (TPSA) is 65.2 Å². The molecular formula is C17H25N3O2. The predicted octanol–water partition coefficient (Wildman–Crippen LogP) is 1.76. The zero-order chi connectivity index (χ0) is 15.4. The molecule has 5 nitrogen and oxygen atoms in total. The average Bonchev–Trinajstić information content (AvgIpc) is 3.03. The molecule has 1 amide bonds. The molecule has 0 spiro atoms. The van der Waals surface area contributed by atoms with Crippen LogP contribution in [0.4, 0.5) is 0 Å². The Kier molecular flexibility index (Phi) is 4.93. The highest BCUT2D eigenvalue weighted by Crippen LogP contribution is 2.26. The summed E-state index contributed by atoms with van der Waals surface area (Å²) in [5, 5.41) is 3.08. The number of carbonyl (C=O) groups excluding carboxylic acids is 1. The van der Waals surface area contributed by atoms with Crippen LogP contribution in [0, 0.1) is 5.92 Å². The quantitative estimate of drug-likeness (QED) is 0.891. The molecule has 1 saturated heterocycles. The molecule has 1 saturated carbocycles. The fourth-order valence-electron chi connectivity index (χ4n) is 3.64. The van der Waals surface area contributed by atoms with Gasteiger partial charge in [-0.15, -0.1) is 0 Å². The van der Waals surface area contributed by atoms with E-state index in [1.807, 2.05) is 0 Å². The molecule has 0 bridgehead atoms. The van der Waals surface area contributed by atoms with Gasteiger partial charge in [0.2, 0.25) is 5.56 Å². The van der Waals surface area contributed by atoms with Crippen LogP contribution in [0.15, 0.2) is 23.1 Å². The van der Waals surface area contributed by atoms with Gasteiger partial charge in [0.25, 0.3) is 5.91 Å². The lowest BCUT2D eigenvalue weighted by Gasteiger charge is -2.33. The third-order valence-electron chi connectivity index (χ3n) is 4.96. The first kappa shape index (κ1) is 15.3. The maximum Gasteiger partial charge on any atom is 0.252 e. The molecule has 0 atom stereocenters. The largest absolute Gasteiger partial charge is 0.349 e. The van der Waals surface area contributed by atoms with Gasteiger partial charge in [0.1, 0.15) is 0 Å². The van der Waals surface area contributed by atoms with Gasteiger partial charge in [-0.1, -0.05) is 12.8 Å². The number of rotatable bonds is 4. The molecule has 22 heavy (non-hydrogen) atoms. The van der Waals surface area contributed by atoms with Crippen molar-refractivity contribution in [2.45, 2.75) is 44.6 Å². The third kappa shape index (κ3) is 3.97. The molecule has 5 heteroatoms. The minimum Gasteiger partial charge on any atom is -0.349 e. The number of H-pyrrole nitrogens is 1. The van der Waals surface area contributed by atoms with Crippen LogP contribution in [0.25, 0.3) is 0 Å². The molecule has 0 unspecified atom stereocenters. The van der Waals surface area contributed by atoms with E-state index in [1.165, 1.54) is 44.5 Å². The monoisotopic (exact) mass is 303 g/mol. The van der Waals surface area contributed by atoms with Crippen molar-refractivity contribution >= 4 is 5.91 Å². The van der Waals surface area contributed by atoms with E-state index >= 15 is 0 Å². The molecule has 0 radical (unpaired) electrons. The van der Waals surface area contributed by atoms with E-state index in [-0.39, 0.29) is 17.5 Å². The number of hydrogen-bond acceptors (Lipinski definition) is 3. The molecule has 2 N–H and O–H groups in total. The molecule has 2 fully saturated rings. The minimum absolute atomic E-state index is 0.0921. The van der Waals surface area contributed by atoms with E-state index in [0.717, 1.165) is 31.8 Å². The van der Waals surface area contributed by atoms with Crippen molar-refractivity contribution in [2.75, 3.05) is 19.6 Å². The molecule has 1 aliphatic heterocycles. The average molecular weight is 303 g/mol. The Morgan fingerprint density at radius 3 is 2.55 bits per heavy atom. The van der Waals surface area contributed by atoms with Crippen LogP contribution >= 0.6 is 0 Å². The highest BCUT2D eigenvalue weighted by Gasteiger charge is 2.24. The van der Waals surface area contributed by atoms with Crippen molar-refractivity contribution in [1.82, 2.24) is 15.2 Å². The van der Waals surface area contributed by atoms with Gasteiger partial charge in [0, 0.05) is 37.9 Å². The van der Waals surface area contributed by atoms with E-state index < -0.39 is 0 Å². The van der Waals surface area contributed by atoms with Crippen molar-refractivity contribution in [3.05, 3.63) is 34.2 Å². The normalized spacial score (nSPS) is 21.1. The van der Waals surface area contributed by atoms with Crippen LogP contribution in [0.2, 0.25) is 0 Å². The zero-order valence-corrected chi connectivity index (χ0v) is 13.0. The Morgan fingerprint density at radius 2 is 1.91 bits per heavy atom. The maximum atomic E-state index is 12.1. The van der Waals surface area contributed by atoms with Gasteiger partial charge in [-0.05, 0) is 37.7 Å². The van der Waals surface area contributed by atoms with Crippen LogP contribution in [-0.4, -0.2) is 41.5 Å². The first-order valence-electron chi connectivity index (χ1n) is 8.42. The lowest BCUT2D eigenvalue weighted by Crippen LogP contribution is -2.45. The number of pyridine rings is 1. The number of aromatic nitrogens is 1. The lowest BCUT2D eigenvalue weighted by atomic mass is 10.0. The van der Waals surface area contributed by atoms with Gasteiger partial charge in [0.05, 0.1) is 5.56 Å². The van der Waals surface area contributed by atoms with E-state index in [0.29, 0.717) is 5.56 Å². The maximum absolute atomic E-state index is 12.1. The summed E-state index contributed by atoms with van der Waals surface area (Å²) >= 11 is 0. The number of nitrogens with zero attached hydrogens (tertiary/aromatic N) is 1. The Morgan fingerprint density at radius 1 is 1.18 bits per heavy atom. The second kappa shape index (κ2) is 7.09. The number of piperidine rings is 1. The summed E-state index contributed by atoms with van der Waals surface area (Å²) in [6, 6.07) is 3.21. The summed E-state index contributed by atoms with van der Waals surface area (Å²) in [6.45, 7) is 3.39. The number of amides is 1. The fraction of sp³-hybridized carbons (Fsp3) is 0.647. The first-order chi connectivity index (χ1) is 10.7. The van der Waals surface area contributed by atoms with E-state index in [1.54, 1.807) is 6.07 Å². The zero-order valence-electron chi connectivity index (χ0n) is 13.0. The number of carbonyl (C=O) groups is 1. The summed E-state index contributed by atoms with van der Waals surface area (Å²) in [7, 11) is 0. The Hall–Kier alpha value is -1.62. The van der Waals surface area contributed by atoms with Crippen LogP contribution in [0.1, 0.15) is 48.9 Å². The molecule has 3 rings (SSSR count). The standard InChI is InChI=1S/C17H25N3O2/c21-16-6-5-14(11-18-16)17(22)19-15-7-9-20(10-8-15)12-13-3-1-2-4-13/h5-6,11,13,15H,1-4,7-10,12H2,(H,18,21)(H,19,22). The summed E-state index contributed by atoms with van der Waals surface area (Å²) in [6.07, 6.45) is 9.09. The molecule has 2 aliphatic rings. The van der Waals surface area contributed by atoms with Gasteiger partial charge >= 0.3 is 0 Å². The minimum atomic E-state index is -0.184. The number of nitrogens with one attached hydrogen (secondary N) is 2. The van der Waals surface area contributed by atoms with Crippen molar-refractivity contribution in [1.29, 1.82) is 0 Å². The summed E-state index contributed by atoms with van der Waals surface area (Å²) < 4.78 is 0. The Labute approximate surface area is 131 Å². The molecule has 0 aromatic carbocycles. The number of hydrogen-bond donors (Lipinski definition) is 2. The predicted molar refractivity (Wildman–Crippen MR) is 85.9 cm³/mol. The van der Waals surface area contributed by atoms with Crippen LogP contribution in [-0.2, 0) is 0 Å². The molecular weight excluding hydrogens is 278 g/mol. The highest BCUT2D eigenvalue weighted by atomic mass is 16.2. The highest BCUT2D eigenvalue weighted by molar-refractivity contribution is 5.93. The van der Waals surface area contributed by atoms with Crippen molar-refractivity contribution < 1.29 is 4.79 Å². The van der Waals surface area contributed by atoms with Crippen molar-refractivity contribution in [3.8, 4) is 0 Å². The Balaban J connectivity index is 1.44. The summed E-state index contributed by atoms with van der Waals surface area (Å²) in [4.78, 5) is 28.3. The van der Waals surface area contributed by atoms with Crippen LogP contribution in [0.5, 0.6) is 0 Å². The SMILES string of the molecule is O=C(NC1CCN(CC2CCCC2)CC1)c1ccc(=O)[nH]c1. The van der Waals surface area contributed by atoms with E-state index in [2.05, 4.69) is 15.2 Å². The number of aromatic amines is 1. The van der Waals surface area contributed by atoms with E-state index in [4.69, 9.17) is 0 Å². The summed E-state index contributed by atoms with van der Waals surface area (Å²) in [5.41, 5.74) is 0.338. The van der Waals surface area contributed by atoms with Gasteiger partial charge in [-0.3, -0.25) is 9.59 Å². The smallest absolute Gasteiger partial charge is 0.252 e. The third-order valence-corrected chi connectivity index (χ3v) is 4.96. The van der Waals surface area contributed by atoms with Gasteiger partial charge < -0.3 is 15.2 Å². The second-order valence-corrected chi connectivity index (χ2v) is 6.64. The van der Waals surface area contributed by atoms with Gasteiger partial charge in [-0.25, -0.2) is 0 Å². The first-order valence-corrected chi connectivity index (χ1v) is 8.42. The molecule has 1 aliphatic carbocycles. The molecule has 120 valence electrons. The van der Waals surface area contributed by atoms with Crippen LogP contribution < -0.4 is 10.9 Å².